The Bertz CT molecular complexity index is 982. The Morgan fingerprint density at radius 2 is 2.19 bits per heavy atom. The number of thiazole rings is 1. The van der Waals surface area contributed by atoms with E-state index in [1.165, 1.54) is 11.3 Å². The van der Waals surface area contributed by atoms with Crippen LogP contribution in [0, 0.1) is 0 Å². The first-order chi connectivity index (χ1) is 12.7. The number of nitrogens with one attached hydrogen (secondary N) is 1. The van der Waals surface area contributed by atoms with Crippen molar-refractivity contribution in [3.63, 3.8) is 0 Å². The topological polar surface area (TPSA) is 60.5 Å². The van der Waals surface area contributed by atoms with E-state index < -0.39 is 6.29 Å². The van der Waals surface area contributed by atoms with Crippen LogP contribution in [0.2, 0.25) is 5.02 Å². The van der Waals surface area contributed by atoms with Crippen molar-refractivity contribution in [2.45, 2.75) is 13.2 Å². The summed E-state index contributed by atoms with van der Waals surface area (Å²) in [5.74, 6) is 0.288. The summed E-state index contributed by atoms with van der Waals surface area (Å²) in [6.45, 7) is 2.27. The minimum absolute atomic E-state index is 0.180. The van der Waals surface area contributed by atoms with Gasteiger partial charge in [-0.15, -0.1) is 0 Å². The first kappa shape index (κ1) is 17.0. The van der Waals surface area contributed by atoms with Crippen molar-refractivity contribution in [2.75, 3.05) is 11.9 Å². The number of carbonyl (C=O) groups excluding carboxylic acids is 1. The van der Waals surface area contributed by atoms with Crippen molar-refractivity contribution in [1.29, 1.82) is 0 Å². The Hall–Kier alpha value is -2.41. The first-order valence-electron chi connectivity index (χ1n) is 8.10. The molecule has 2 heterocycles. The van der Waals surface area contributed by atoms with Gasteiger partial charge in [0.25, 0.3) is 0 Å². The van der Waals surface area contributed by atoms with Crippen LogP contribution >= 0.6 is 22.9 Å². The number of carbonyl (C=O) groups is 1. The van der Waals surface area contributed by atoms with Crippen LogP contribution in [0.4, 0.5) is 5.13 Å². The molecular weight excluding hydrogens is 372 g/mol. The second kappa shape index (κ2) is 7.07. The SMILES string of the molecule is CCO[C@@H]1Oc2ccc(Cl)cc2C(=O)/C1=C/Nc1nc2ccccc2s1. The smallest absolute Gasteiger partial charge is 0.232 e. The van der Waals surface area contributed by atoms with Gasteiger partial charge in [0.05, 0.1) is 21.4 Å². The van der Waals surface area contributed by atoms with Crippen LogP contribution in [-0.4, -0.2) is 23.7 Å². The maximum atomic E-state index is 12.9. The molecule has 1 aliphatic heterocycles. The molecule has 1 N–H and O–H groups in total. The summed E-state index contributed by atoms with van der Waals surface area (Å²) in [6.07, 6.45) is 0.826. The van der Waals surface area contributed by atoms with Crippen LogP contribution < -0.4 is 10.1 Å². The number of benzene rings is 2. The van der Waals surface area contributed by atoms with Crippen molar-refractivity contribution >= 4 is 44.1 Å². The van der Waals surface area contributed by atoms with Crippen molar-refractivity contribution in [1.82, 2.24) is 4.98 Å². The summed E-state index contributed by atoms with van der Waals surface area (Å²) in [4.78, 5) is 17.4. The Morgan fingerprint density at radius 3 is 3.00 bits per heavy atom. The molecule has 7 heteroatoms. The number of anilines is 1. The highest BCUT2D eigenvalue weighted by Crippen LogP contribution is 2.33. The molecule has 26 heavy (non-hydrogen) atoms. The number of Topliss-reactive ketones (excluding diaryl/α,β-unsaturated/α-hetero) is 1. The zero-order valence-corrected chi connectivity index (χ0v) is 15.4. The molecule has 0 unspecified atom stereocenters. The lowest BCUT2D eigenvalue weighted by atomic mass is 10.00. The molecule has 2 aromatic carbocycles. The molecule has 0 amide bonds. The molecule has 3 aromatic rings. The summed E-state index contributed by atoms with van der Waals surface area (Å²) < 4.78 is 12.5. The standard InChI is InChI=1S/C19H15ClN2O3S/c1-2-24-18-13(17(23)12-9-11(20)7-8-15(12)25-18)10-21-19-22-14-5-3-4-6-16(14)26-19/h3-10,18H,2H2,1H3,(H,21,22)/b13-10-/t18-/m1/s1. The van der Waals surface area contributed by atoms with Crippen LogP contribution in [0.1, 0.15) is 17.3 Å². The third kappa shape index (κ3) is 3.19. The molecule has 0 saturated heterocycles. The number of hydrogen-bond donors (Lipinski definition) is 1. The number of aromatic nitrogens is 1. The van der Waals surface area contributed by atoms with Crippen molar-refractivity contribution in [3.8, 4) is 5.75 Å². The zero-order valence-electron chi connectivity index (χ0n) is 13.9. The third-order valence-corrected chi connectivity index (χ3v) is 5.10. The molecule has 0 aliphatic carbocycles. The van der Waals surface area contributed by atoms with E-state index >= 15 is 0 Å². The minimum Gasteiger partial charge on any atom is -0.460 e. The van der Waals surface area contributed by atoms with Gasteiger partial charge in [-0.05, 0) is 37.3 Å². The van der Waals surface area contributed by atoms with Crippen LogP contribution in [0.25, 0.3) is 10.2 Å². The lowest BCUT2D eigenvalue weighted by Gasteiger charge is -2.27. The number of ketones is 1. The van der Waals surface area contributed by atoms with E-state index in [1.54, 1.807) is 24.4 Å². The Morgan fingerprint density at radius 1 is 1.35 bits per heavy atom. The first-order valence-corrected chi connectivity index (χ1v) is 9.30. The van der Waals surface area contributed by atoms with Gasteiger partial charge in [0.1, 0.15) is 5.75 Å². The fraction of sp³-hybridized carbons (Fsp3) is 0.158. The summed E-state index contributed by atoms with van der Waals surface area (Å²) in [5, 5.41) is 4.27. The van der Waals surface area contributed by atoms with Gasteiger partial charge in [0, 0.05) is 17.8 Å². The number of halogens is 1. The van der Waals surface area contributed by atoms with Gasteiger partial charge in [-0.25, -0.2) is 4.98 Å². The fourth-order valence-electron chi connectivity index (χ4n) is 2.71. The molecule has 1 atom stereocenters. The highest BCUT2D eigenvalue weighted by Gasteiger charge is 2.32. The van der Waals surface area contributed by atoms with Gasteiger partial charge in [-0.1, -0.05) is 35.1 Å². The highest BCUT2D eigenvalue weighted by molar-refractivity contribution is 7.22. The molecule has 132 valence electrons. The monoisotopic (exact) mass is 386 g/mol. The summed E-state index contributed by atoms with van der Waals surface area (Å²) in [7, 11) is 0. The molecule has 1 aromatic heterocycles. The van der Waals surface area contributed by atoms with Crippen molar-refractivity contribution in [3.05, 3.63) is 64.8 Å². The van der Waals surface area contributed by atoms with Crippen LogP contribution in [0.3, 0.4) is 0 Å². The highest BCUT2D eigenvalue weighted by atomic mass is 35.5. The molecule has 0 bridgehead atoms. The molecule has 0 fully saturated rings. The van der Waals surface area contributed by atoms with E-state index in [9.17, 15) is 4.79 Å². The van der Waals surface area contributed by atoms with Crippen LogP contribution in [-0.2, 0) is 4.74 Å². The molecule has 4 rings (SSSR count). The molecule has 0 radical (unpaired) electrons. The molecular formula is C19H15ClN2O3S. The largest absolute Gasteiger partial charge is 0.460 e. The average Bonchev–Trinajstić information content (AvgIpc) is 3.05. The van der Waals surface area contributed by atoms with Gasteiger partial charge in [-0.3, -0.25) is 4.79 Å². The Labute approximate surface area is 159 Å². The van der Waals surface area contributed by atoms with Gasteiger partial charge < -0.3 is 14.8 Å². The summed E-state index contributed by atoms with van der Waals surface area (Å²) in [6, 6.07) is 12.8. The van der Waals surface area contributed by atoms with Crippen molar-refractivity contribution < 1.29 is 14.3 Å². The van der Waals surface area contributed by atoms with Gasteiger partial charge >= 0.3 is 0 Å². The summed E-state index contributed by atoms with van der Waals surface area (Å²) >= 11 is 7.53. The van der Waals surface area contributed by atoms with E-state index in [-0.39, 0.29) is 5.78 Å². The van der Waals surface area contributed by atoms with Gasteiger partial charge in [0.2, 0.25) is 12.1 Å². The third-order valence-electron chi connectivity index (χ3n) is 3.90. The van der Waals surface area contributed by atoms with Crippen LogP contribution in [0.5, 0.6) is 5.75 Å². The molecule has 0 spiro atoms. The molecule has 5 nitrogen and oxygen atoms in total. The van der Waals surface area contributed by atoms with E-state index in [2.05, 4.69) is 10.3 Å². The minimum atomic E-state index is -0.775. The predicted molar refractivity (Wildman–Crippen MR) is 103 cm³/mol. The number of ether oxygens (including phenoxy) is 2. The number of fused-ring (bicyclic) bond motifs is 2. The van der Waals surface area contributed by atoms with Gasteiger partial charge in [-0.2, -0.15) is 0 Å². The Balaban J connectivity index is 1.67. The number of hydrogen-bond acceptors (Lipinski definition) is 6. The van der Waals surface area contributed by atoms with E-state index in [4.69, 9.17) is 21.1 Å². The maximum Gasteiger partial charge on any atom is 0.232 e. The lowest BCUT2D eigenvalue weighted by molar-refractivity contribution is -0.0509. The van der Waals surface area contributed by atoms with Crippen LogP contribution in [0.15, 0.2) is 54.2 Å². The number of nitrogens with zero attached hydrogens (tertiary/aromatic N) is 1. The van der Waals surface area contributed by atoms with E-state index in [0.29, 0.717) is 33.6 Å². The van der Waals surface area contributed by atoms with E-state index in [0.717, 1.165) is 10.2 Å². The quantitative estimate of drug-likeness (QED) is 0.647. The lowest BCUT2D eigenvalue weighted by Crippen LogP contribution is -2.33. The second-order valence-corrected chi connectivity index (χ2v) is 7.07. The predicted octanol–water partition coefficient (Wildman–Crippen LogP) is 4.88. The average molecular weight is 387 g/mol. The second-order valence-electron chi connectivity index (χ2n) is 5.61. The normalized spacial score (nSPS) is 18.0. The van der Waals surface area contributed by atoms with E-state index in [1.807, 2.05) is 31.2 Å². The number of para-hydroxylation sites is 1. The molecule has 1 aliphatic rings. The van der Waals surface area contributed by atoms with Crippen molar-refractivity contribution in [2.24, 2.45) is 0 Å². The number of rotatable bonds is 4. The Kier molecular flexibility index (Phi) is 4.63. The fourth-order valence-corrected chi connectivity index (χ4v) is 3.71. The zero-order chi connectivity index (χ0) is 18.1. The molecule has 0 saturated carbocycles. The van der Waals surface area contributed by atoms with Gasteiger partial charge in [0.15, 0.2) is 5.13 Å². The maximum absolute atomic E-state index is 12.9. The summed E-state index contributed by atoms with van der Waals surface area (Å²) in [5.41, 5.74) is 1.70.